The molecule has 12 nitrogen and oxygen atoms in total. The molecule has 0 unspecified atom stereocenters. The van der Waals surface area contributed by atoms with Gasteiger partial charge in [-0.1, -0.05) is 131 Å². The van der Waals surface area contributed by atoms with Crippen molar-refractivity contribution in [2.45, 2.75) is 292 Å². The minimum atomic E-state index is -1.39. The fourth-order valence-corrected chi connectivity index (χ4v) is 15.0. The number of rotatable bonds is 44. The maximum atomic E-state index is 11.4. The Bertz CT molecular complexity index is 1250. The molecule has 0 amide bonds. The first-order chi connectivity index (χ1) is 35.6. The number of esters is 2. The standard InChI is InChI=1S/C20H36O4.2C12H20O4.4C4H9.2Sn/c1-3-5-7-9-11-13-17-23-19(21)15-16-20(22)24-18-14-12-10-8-6-4-2;2*1-3-5-7-9(11(13)14)10(12(15)16)8-6-4-2;4*1-3-4-2;;/h15-16H,3-14,17-18H2,1-2H3;2*3-8H2,1-2H3,(H,13,14)(H,15,16);4*1,3-4H2,2H3;;/q;;;;;;;2*+2/p-4/b16-15-;2*10-9-;;;;;;. The third-order valence-electron chi connectivity index (χ3n) is 11.5. The van der Waals surface area contributed by atoms with E-state index in [-0.39, 0.29) is 90.3 Å². The van der Waals surface area contributed by atoms with E-state index in [0.29, 0.717) is 38.9 Å². The molecular formula is C60H108O12Sn2. The van der Waals surface area contributed by atoms with Crippen molar-refractivity contribution in [3.05, 3.63) is 34.4 Å². The molecule has 0 aromatic rings. The molecule has 0 heterocycles. The molecule has 0 spiro atoms. The normalized spacial score (nSPS) is 11.0. The Morgan fingerprint density at radius 1 is 0.297 bits per heavy atom. The summed E-state index contributed by atoms with van der Waals surface area (Å²) in [5.41, 5.74) is -0.406. The SMILES string of the molecule is CCCC/C(C(=O)[O-])=C(\CCCC)C(=O)[O-].CCCC/C(C(=O)[O-])=C(\CCCC)C(=O)[O-].CCCCCCCCOC(=O)/C=C\C(=O)OCCCCCCCC.CCC[CH2][Sn+2][CH2]CCC.CCC[CH2][Sn+2][CH2]CCC. The number of unbranched alkanes of at least 4 members (excludes halogenated alkanes) is 18. The molecule has 0 fully saturated rings. The van der Waals surface area contributed by atoms with Crippen LogP contribution in [0, 0.1) is 0 Å². The Morgan fingerprint density at radius 3 is 0.703 bits per heavy atom. The van der Waals surface area contributed by atoms with Crippen molar-refractivity contribution in [1.29, 1.82) is 0 Å². The van der Waals surface area contributed by atoms with E-state index in [1.807, 2.05) is 27.7 Å². The van der Waals surface area contributed by atoms with E-state index in [1.54, 1.807) is 17.7 Å². The first-order valence-electron chi connectivity index (χ1n) is 29.3. The fourth-order valence-electron chi connectivity index (χ4n) is 6.72. The minimum absolute atomic E-state index is 0.102. The molecule has 0 N–H and O–H groups in total. The van der Waals surface area contributed by atoms with Gasteiger partial charge in [-0.25, -0.2) is 9.59 Å². The van der Waals surface area contributed by atoms with Crippen LogP contribution in [-0.4, -0.2) is 91.3 Å². The molecule has 74 heavy (non-hydrogen) atoms. The number of carboxylic acid groups (broad SMARTS) is 4. The second kappa shape index (κ2) is 66.7. The zero-order chi connectivity index (χ0) is 56.9. The zero-order valence-electron chi connectivity index (χ0n) is 48.9. The van der Waals surface area contributed by atoms with Crippen LogP contribution in [0.5, 0.6) is 0 Å². The molecule has 0 atom stereocenters. The quantitative estimate of drug-likeness (QED) is 0.0241. The van der Waals surface area contributed by atoms with Crippen molar-refractivity contribution in [3.8, 4) is 0 Å². The predicted molar refractivity (Wildman–Crippen MR) is 300 cm³/mol. The van der Waals surface area contributed by atoms with Crippen LogP contribution in [-0.2, 0) is 38.2 Å². The molecule has 0 radical (unpaired) electrons. The van der Waals surface area contributed by atoms with Gasteiger partial charge in [-0.2, -0.15) is 0 Å². The van der Waals surface area contributed by atoms with E-state index < -0.39 is 35.8 Å². The summed E-state index contributed by atoms with van der Waals surface area (Å²) in [6.07, 6.45) is 34.6. The number of hydrogen-bond acceptors (Lipinski definition) is 12. The number of ether oxygens (including phenoxy) is 2. The van der Waals surface area contributed by atoms with Gasteiger partial charge in [0.1, 0.15) is 0 Å². The summed E-state index contributed by atoms with van der Waals surface area (Å²) < 4.78 is 16.6. The topological polar surface area (TPSA) is 213 Å². The Morgan fingerprint density at radius 2 is 0.500 bits per heavy atom. The molecule has 428 valence electrons. The summed E-state index contributed by atoms with van der Waals surface area (Å²) in [6.45, 7) is 22.0. The van der Waals surface area contributed by atoms with Crippen LogP contribution in [0.25, 0.3) is 0 Å². The summed E-state index contributed by atoms with van der Waals surface area (Å²) in [7, 11) is 0. The van der Waals surface area contributed by atoms with E-state index in [2.05, 4.69) is 41.5 Å². The van der Waals surface area contributed by atoms with Gasteiger partial charge >= 0.3 is 151 Å². The summed E-state index contributed by atoms with van der Waals surface area (Å²) in [5.74, 6) is -6.49. The van der Waals surface area contributed by atoms with Crippen LogP contribution in [0.1, 0.15) is 275 Å². The van der Waals surface area contributed by atoms with Crippen LogP contribution in [0.2, 0.25) is 17.7 Å². The Balaban J connectivity index is -0.000000281. The molecule has 0 rings (SSSR count). The van der Waals surface area contributed by atoms with Gasteiger partial charge in [0.25, 0.3) is 0 Å². The average molecular weight is 1260 g/mol. The third kappa shape index (κ3) is 62.2. The average Bonchev–Trinajstić information content (AvgIpc) is 3.37. The van der Waals surface area contributed by atoms with E-state index in [0.717, 1.165) is 63.5 Å². The number of carbonyl (C=O) groups excluding carboxylic acids is 6. The number of aliphatic carboxylic acids is 4. The van der Waals surface area contributed by atoms with Crippen molar-refractivity contribution >= 4 is 78.1 Å². The van der Waals surface area contributed by atoms with E-state index in [9.17, 15) is 49.2 Å². The Kier molecular flexibility index (Phi) is 72.6. The van der Waals surface area contributed by atoms with Gasteiger partial charge in [-0.3, -0.25) is 0 Å². The van der Waals surface area contributed by atoms with E-state index in [1.165, 1.54) is 103 Å². The maximum absolute atomic E-state index is 11.4. The summed E-state index contributed by atoms with van der Waals surface area (Å²) in [6, 6.07) is 0. The summed E-state index contributed by atoms with van der Waals surface area (Å²) in [4.78, 5) is 66.3. The fraction of sp³-hybridized carbons (Fsp3) is 0.800. The molecule has 0 saturated carbocycles. The first-order valence-corrected chi connectivity index (χ1v) is 37.4. The van der Waals surface area contributed by atoms with Crippen molar-refractivity contribution in [2.24, 2.45) is 0 Å². The van der Waals surface area contributed by atoms with Crippen LogP contribution < -0.4 is 20.4 Å². The number of carboxylic acids is 4. The molecule has 0 aliphatic heterocycles. The van der Waals surface area contributed by atoms with Gasteiger partial charge in [0.15, 0.2) is 0 Å². The second-order valence-electron chi connectivity index (χ2n) is 18.6. The van der Waals surface area contributed by atoms with Crippen molar-refractivity contribution in [1.82, 2.24) is 0 Å². The Hall–Kier alpha value is -2.36. The second-order valence-corrected chi connectivity index (χ2v) is 27.2. The van der Waals surface area contributed by atoms with Crippen LogP contribution in [0.3, 0.4) is 0 Å². The molecule has 0 aromatic heterocycles. The summed E-state index contributed by atoms with van der Waals surface area (Å²) in [5, 5.41) is 43.4. The number of carbonyl (C=O) groups is 6. The summed E-state index contributed by atoms with van der Waals surface area (Å²) >= 11 is 0.299. The monoisotopic (exact) mass is 1260 g/mol. The third-order valence-corrected chi connectivity index (χ3v) is 19.6. The first kappa shape index (κ1) is 80.5. The Labute approximate surface area is 473 Å². The number of hydrogen-bond donors (Lipinski definition) is 0. The van der Waals surface area contributed by atoms with Crippen molar-refractivity contribution < 1.29 is 58.7 Å². The van der Waals surface area contributed by atoms with Gasteiger partial charge in [-0.05, 0) is 86.5 Å². The van der Waals surface area contributed by atoms with Gasteiger partial charge in [0.05, 0.1) is 37.1 Å². The molecule has 0 aliphatic rings. The van der Waals surface area contributed by atoms with Crippen LogP contribution in [0.4, 0.5) is 0 Å². The van der Waals surface area contributed by atoms with E-state index in [4.69, 9.17) is 9.47 Å². The van der Waals surface area contributed by atoms with Gasteiger partial charge < -0.3 is 49.1 Å². The van der Waals surface area contributed by atoms with Crippen LogP contribution >= 0.6 is 0 Å². The van der Waals surface area contributed by atoms with Crippen LogP contribution in [0.15, 0.2) is 34.4 Å². The van der Waals surface area contributed by atoms with Crippen molar-refractivity contribution in [3.63, 3.8) is 0 Å². The van der Waals surface area contributed by atoms with Crippen molar-refractivity contribution in [2.75, 3.05) is 13.2 Å². The molecular weight excluding hydrogens is 1150 g/mol. The molecule has 0 saturated heterocycles. The van der Waals surface area contributed by atoms with Gasteiger partial charge in [0, 0.05) is 12.2 Å². The van der Waals surface area contributed by atoms with Gasteiger partial charge in [0.2, 0.25) is 0 Å². The molecule has 0 aromatic carbocycles. The van der Waals surface area contributed by atoms with E-state index >= 15 is 0 Å². The van der Waals surface area contributed by atoms with Gasteiger partial charge in [-0.15, -0.1) is 0 Å². The molecule has 0 bridgehead atoms. The predicted octanol–water partition coefficient (Wildman–Crippen LogP) is 11.9. The molecule has 14 heteroatoms. The zero-order valence-corrected chi connectivity index (χ0v) is 54.6. The molecule has 0 aliphatic carbocycles.